The maximum Gasteiger partial charge on any atom is 0.108 e. The van der Waals surface area contributed by atoms with Crippen LogP contribution in [0.5, 0.6) is 0 Å². The van der Waals surface area contributed by atoms with Crippen molar-refractivity contribution in [1.29, 1.82) is 0 Å². The molecule has 3 rings (SSSR count). The van der Waals surface area contributed by atoms with E-state index >= 15 is 0 Å². The van der Waals surface area contributed by atoms with E-state index in [0.29, 0.717) is 0 Å². The molecular formula is C15H26N4. The summed E-state index contributed by atoms with van der Waals surface area (Å²) < 4.78 is 2.54. The van der Waals surface area contributed by atoms with Gasteiger partial charge in [0.1, 0.15) is 5.82 Å². The predicted molar refractivity (Wildman–Crippen MR) is 77.2 cm³/mol. The highest BCUT2D eigenvalue weighted by Gasteiger charge is 2.23. The molecular weight excluding hydrogens is 236 g/mol. The van der Waals surface area contributed by atoms with Crippen molar-refractivity contribution >= 4 is 0 Å². The van der Waals surface area contributed by atoms with Crippen LogP contribution in [0.2, 0.25) is 0 Å². The third-order valence-electron chi connectivity index (χ3n) is 4.54. The topological polar surface area (TPSA) is 33.1 Å². The summed E-state index contributed by atoms with van der Waals surface area (Å²) in [5, 5.41) is 3.43. The van der Waals surface area contributed by atoms with Crippen molar-refractivity contribution in [2.45, 2.75) is 45.7 Å². The van der Waals surface area contributed by atoms with Crippen molar-refractivity contribution < 1.29 is 0 Å². The van der Waals surface area contributed by atoms with E-state index in [1.165, 1.54) is 49.7 Å². The third kappa shape index (κ3) is 2.70. The second-order valence-corrected chi connectivity index (χ2v) is 6.08. The number of nitrogens with zero attached hydrogens (tertiary/aromatic N) is 3. The molecule has 0 bridgehead atoms. The highest BCUT2D eigenvalue weighted by Crippen LogP contribution is 2.22. The number of aromatic nitrogens is 2. The minimum absolute atomic E-state index is 0.803. The Morgan fingerprint density at radius 1 is 1.42 bits per heavy atom. The first-order valence-electron chi connectivity index (χ1n) is 7.74. The third-order valence-corrected chi connectivity index (χ3v) is 4.54. The van der Waals surface area contributed by atoms with Crippen LogP contribution in [0.25, 0.3) is 0 Å². The SMILES string of the molecule is CCc1nc2c(n1CC1CCCN(C)C1)CCNC2. The molecule has 1 unspecified atom stereocenters. The Balaban J connectivity index is 1.80. The standard InChI is InChI=1S/C15H26N4/c1-3-15-17-13-9-16-7-6-14(13)19(15)11-12-5-4-8-18(2)10-12/h12,16H,3-11H2,1-2H3. The van der Waals surface area contributed by atoms with Crippen LogP contribution in [-0.4, -0.2) is 41.1 Å². The number of hydrogen-bond acceptors (Lipinski definition) is 3. The van der Waals surface area contributed by atoms with Gasteiger partial charge in [0.05, 0.1) is 5.69 Å². The van der Waals surface area contributed by atoms with Crippen LogP contribution in [0, 0.1) is 5.92 Å². The zero-order chi connectivity index (χ0) is 13.2. The molecule has 1 saturated heterocycles. The summed E-state index contributed by atoms with van der Waals surface area (Å²) in [6.45, 7) is 7.98. The van der Waals surface area contributed by atoms with Crippen LogP contribution in [0.15, 0.2) is 0 Å². The number of fused-ring (bicyclic) bond motifs is 1. The molecule has 106 valence electrons. The second kappa shape index (κ2) is 5.63. The van der Waals surface area contributed by atoms with Crippen LogP contribution in [-0.2, 0) is 25.9 Å². The monoisotopic (exact) mass is 262 g/mol. The summed E-state index contributed by atoms with van der Waals surface area (Å²) in [5.41, 5.74) is 2.80. The quantitative estimate of drug-likeness (QED) is 0.894. The van der Waals surface area contributed by atoms with Gasteiger partial charge in [0.25, 0.3) is 0 Å². The van der Waals surface area contributed by atoms with Crippen LogP contribution < -0.4 is 5.32 Å². The zero-order valence-electron chi connectivity index (χ0n) is 12.3. The molecule has 1 N–H and O–H groups in total. The van der Waals surface area contributed by atoms with Gasteiger partial charge in [-0.3, -0.25) is 0 Å². The lowest BCUT2D eigenvalue weighted by atomic mass is 9.98. The van der Waals surface area contributed by atoms with Crippen molar-refractivity contribution in [1.82, 2.24) is 19.8 Å². The lowest BCUT2D eigenvalue weighted by Crippen LogP contribution is -2.35. The van der Waals surface area contributed by atoms with E-state index in [4.69, 9.17) is 4.98 Å². The molecule has 1 aromatic rings. The summed E-state index contributed by atoms with van der Waals surface area (Å²) in [6, 6.07) is 0. The Bertz CT molecular complexity index is 438. The van der Waals surface area contributed by atoms with E-state index in [9.17, 15) is 0 Å². The van der Waals surface area contributed by atoms with Crippen LogP contribution in [0.4, 0.5) is 0 Å². The fourth-order valence-corrected chi connectivity index (χ4v) is 3.59. The summed E-state index contributed by atoms with van der Waals surface area (Å²) in [5.74, 6) is 2.10. The summed E-state index contributed by atoms with van der Waals surface area (Å²) in [6.07, 6.45) is 4.92. The van der Waals surface area contributed by atoms with Gasteiger partial charge in [0.2, 0.25) is 0 Å². The van der Waals surface area contributed by atoms with Crippen LogP contribution in [0.3, 0.4) is 0 Å². The first-order chi connectivity index (χ1) is 9.28. The van der Waals surface area contributed by atoms with E-state index in [2.05, 4.69) is 28.8 Å². The van der Waals surface area contributed by atoms with Gasteiger partial charge in [-0.1, -0.05) is 6.92 Å². The molecule has 2 aliphatic rings. The Morgan fingerprint density at radius 2 is 2.32 bits per heavy atom. The molecule has 1 atom stereocenters. The maximum absolute atomic E-state index is 4.84. The number of piperidine rings is 1. The minimum atomic E-state index is 0.803. The molecule has 0 amide bonds. The van der Waals surface area contributed by atoms with Crippen LogP contribution >= 0.6 is 0 Å². The number of nitrogens with one attached hydrogen (secondary N) is 1. The first-order valence-corrected chi connectivity index (χ1v) is 7.74. The van der Waals surface area contributed by atoms with E-state index in [1.54, 1.807) is 0 Å². The highest BCUT2D eigenvalue weighted by molar-refractivity contribution is 5.20. The van der Waals surface area contributed by atoms with Crippen molar-refractivity contribution in [2.24, 2.45) is 5.92 Å². The molecule has 4 heteroatoms. The van der Waals surface area contributed by atoms with E-state index in [0.717, 1.165) is 31.8 Å². The fourth-order valence-electron chi connectivity index (χ4n) is 3.59. The molecule has 3 heterocycles. The summed E-state index contributed by atoms with van der Waals surface area (Å²) in [4.78, 5) is 7.32. The fraction of sp³-hybridized carbons (Fsp3) is 0.800. The van der Waals surface area contributed by atoms with E-state index < -0.39 is 0 Å². The molecule has 19 heavy (non-hydrogen) atoms. The molecule has 1 aromatic heterocycles. The van der Waals surface area contributed by atoms with Gasteiger partial charge in [-0.15, -0.1) is 0 Å². The Morgan fingerprint density at radius 3 is 3.11 bits per heavy atom. The molecule has 0 radical (unpaired) electrons. The molecule has 0 aliphatic carbocycles. The number of rotatable bonds is 3. The largest absolute Gasteiger partial charge is 0.331 e. The van der Waals surface area contributed by atoms with Gasteiger partial charge in [-0.05, 0) is 32.4 Å². The lowest BCUT2D eigenvalue weighted by molar-refractivity contribution is 0.192. The maximum atomic E-state index is 4.84. The van der Waals surface area contributed by atoms with Crippen molar-refractivity contribution in [3.05, 3.63) is 17.2 Å². The van der Waals surface area contributed by atoms with Gasteiger partial charge in [0.15, 0.2) is 0 Å². The van der Waals surface area contributed by atoms with E-state index in [-0.39, 0.29) is 0 Å². The van der Waals surface area contributed by atoms with Crippen LogP contribution in [0.1, 0.15) is 37.0 Å². The molecule has 0 saturated carbocycles. The van der Waals surface area contributed by atoms with Gasteiger partial charge < -0.3 is 14.8 Å². The molecule has 2 aliphatic heterocycles. The number of aryl methyl sites for hydroxylation is 1. The number of likely N-dealkylation sites (tertiary alicyclic amines) is 1. The van der Waals surface area contributed by atoms with Gasteiger partial charge in [-0.2, -0.15) is 0 Å². The van der Waals surface area contributed by atoms with E-state index in [1.807, 2.05) is 0 Å². The number of imidazole rings is 1. The minimum Gasteiger partial charge on any atom is -0.331 e. The predicted octanol–water partition coefficient (Wildman–Crippen LogP) is 1.43. The van der Waals surface area contributed by atoms with Crippen molar-refractivity contribution in [3.8, 4) is 0 Å². The summed E-state index contributed by atoms with van der Waals surface area (Å²) >= 11 is 0. The number of hydrogen-bond donors (Lipinski definition) is 1. The highest BCUT2D eigenvalue weighted by atomic mass is 15.1. The van der Waals surface area contributed by atoms with Gasteiger partial charge in [0, 0.05) is 44.7 Å². The smallest absolute Gasteiger partial charge is 0.108 e. The lowest BCUT2D eigenvalue weighted by Gasteiger charge is -2.31. The van der Waals surface area contributed by atoms with Gasteiger partial charge in [-0.25, -0.2) is 4.98 Å². The first kappa shape index (κ1) is 13.1. The molecule has 0 spiro atoms. The summed E-state index contributed by atoms with van der Waals surface area (Å²) in [7, 11) is 2.25. The van der Waals surface area contributed by atoms with Gasteiger partial charge >= 0.3 is 0 Å². The normalized spacial score (nSPS) is 24.4. The molecule has 0 aromatic carbocycles. The Kier molecular flexibility index (Phi) is 3.89. The molecule has 1 fully saturated rings. The molecule has 4 nitrogen and oxygen atoms in total. The average molecular weight is 262 g/mol. The zero-order valence-corrected chi connectivity index (χ0v) is 12.3. The second-order valence-electron chi connectivity index (χ2n) is 6.08. The van der Waals surface area contributed by atoms with Crippen molar-refractivity contribution in [3.63, 3.8) is 0 Å². The Hall–Kier alpha value is -0.870. The average Bonchev–Trinajstić information content (AvgIpc) is 2.77. The Labute approximate surface area is 116 Å². The van der Waals surface area contributed by atoms with Crippen molar-refractivity contribution in [2.75, 3.05) is 26.7 Å².